The minimum atomic E-state index is 0.916. The van der Waals surface area contributed by atoms with Gasteiger partial charge in [-0.1, -0.05) is 6.42 Å². The molecular weight excluding hydrogens is 110 g/mol. The molecule has 1 heterocycles. The summed E-state index contributed by atoms with van der Waals surface area (Å²) in [6.07, 6.45) is 7.32. The van der Waals surface area contributed by atoms with Gasteiger partial charge in [0.25, 0.3) is 0 Å². The average Bonchev–Trinajstić information content (AvgIpc) is 2.71. The molecule has 9 heavy (non-hydrogen) atoms. The quantitative estimate of drug-likeness (QED) is 0.560. The highest BCUT2D eigenvalue weighted by Crippen LogP contribution is 2.35. The fraction of sp³-hybridized carbons (Fsp3) is 1.00. The van der Waals surface area contributed by atoms with Gasteiger partial charge in [0.15, 0.2) is 0 Å². The summed E-state index contributed by atoms with van der Waals surface area (Å²) in [5.74, 6) is 1.07. The van der Waals surface area contributed by atoms with Crippen LogP contribution in [0.15, 0.2) is 0 Å². The lowest BCUT2D eigenvalue weighted by molar-refractivity contribution is 0.368. The second-order valence-electron chi connectivity index (χ2n) is 3.39. The lowest BCUT2D eigenvalue weighted by Crippen LogP contribution is -2.35. The van der Waals surface area contributed by atoms with Crippen LogP contribution >= 0.6 is 0 Å². The molecule has 0 aromatic heterocycles. The van der Waals surface area contributed by atoms with E-state index < -0.39 is 0 Å². The van der Waals surface area contributed by atoms with E-state index in [-0.39, 0.29) is 0 Å². The van der Waals surface area contributed by atoms with Crippen molar-refractivity contribution in [3.05, 3.63) is 0 Å². The maximum absolute atomic E-state index is 3.58. The Morgan fingerprint density at radius 2 is 1.89 bits per heavy atom. The fourth-order valence-electron chi connectivity index (χ4n) is 1.78. The maximum atomic E-state index is 3.58. The molecule has 1 aliphatic carbocycles. The monoisotopic (exact) mass is 125 g/mol. The standard InChI is InChI=1S/C8H15N/c1-2-6-9-8(3-1)7-4-5-7/h7-9H,1-6H2/t8-/m1/s1. The number of rotatable bonds is 1. The molecule has 0 bridgehead atoms. The van der Waals surface area contributed by atoms with Crippen LogP contribution in [0.25, 0.3) is 0 Å². The molecule has 0 radical (unpaired) electrons. The highest BCUT2D eigenvalue weighted by molar-refractivity contribution is 4.87. The minimum Gasteiger partial charge on any atom is -0.314 e. The molecule has 2 fully saturated rings. The molecule has 1 atom stereocenters. The summed E-state index contributed by atoms with van der Waals surface area (Å²) in [4.78, 5) is 0. The van der Waals surface area contributed by atoms with E-state index in [9.17, 15) is 0 Å². The number of hydrogen-bond acceptors (Lipinski definition) is 1. The molecule has 1 heteroatoms. The Kier molecular flexibility index (Phi) is 1.46. The van der Waals surface area contributed by atoms with Crippen LogP contribution in [0.3, 0.4) is 0 Å². The zero-order valence-corrected chi connectivity index (χ0v) is 5.90. The highest BCUT2D eigenvalue weighted by atomic mass is 14.9. The molecule has 0 aromatic carbocycles. The van der Waals surface area contributed by atoms with Gasteiger partial charge in [-0.25, -0.2) is 0 Å². The van der Waals surface area contributed by atoms with E-state index in [1.165, 1.54) is 38.6 Å². The third-order valence-corrected chi connectivity index (χ3v) is 2.54. The second kappa shape index (κ2) is 2.30. The molecule has 2 rings (SSSR count). The average molecular weight is 125 g/mol. The van der Waals surface area contributed by atoms with E-state index in [4.69, 9.17) is 0 Å². The Bertz CT molecular complexity index is 90.7. The normalized spacial score (nSPS) is 36.7. The van der Waals surface area contributed by atoms with Crippen LogP contribution in [0.5, 0.6) is 0 Å². The first-order chi connectivity index (χ1) is 4.47. The Hall–Kier alpha value is -0.0400. The molecular formula is C8H15N. The summed E-state index contributed by atoms with van der Waals surface area (Å²) < 4.78 is 0. The van der Waals surface area contributed by atoms with Gasteiger partial charge in [-0.15, -0.1) is 0 Å². The van der Waals surface area contributed by atoms with Gasteiger partial charge in [0.1, 0.15) is 0 Å². The zero-order valence-electron chi connectivity index (χ0n) is 5.90. The summed E-state index contributed by atoms with van der Waals surface area (Å²) in [6.45, 7) is 1.28. The predicted molar refractivity (Wildman–Crippen MR) is 38.4 cm³/mol. The molecule has 0 spiro atoms. The Morgan fingerprint density at radius 1 is 1.00 bits per heavy atom. The van der Waals surface area contributed by atoms with Gasteiger partial charge >= 0.3 is 0 Å². The van der Waals surface area contributed by atoms with E-state index >= 15 is 0 Å². The molecule has 0 aromatic rings. The molecule has 2 aliphatic rings. The third kappa shape index (κ3) is 1.26. The van der Waals surface area contributed by atoms with Gasteiger partial charge in [0, 0.05) is 6.04 Å². The van der Waals surface area contributed by atoms with Crippen LogP contribution < -0.4 is 5.32 Å². The largest absolute Gasteiger partial charge is 0.314 e. The first kappa shape index (κ1) is 5.72. The van der Waals surface area contributed by atoms with Crippen molar-refractivity contribution in [2.24, 2.45) is 5.92 Å². The van der Waals surface area contributed by atoms with E-state index in [0.29, 0.717) is 0 Å². The van der Waals surface area contributed by atoms with E-state index in [2.05, 4.69) is 5.32 Å². The van der Waals surface area contributed by atoms with Crippen LogP contribution in [-0.4, -0.2) is 12.6 Å². The van der Waals surface area contributed by atoms with E-state index in [1.807, 2.05) is 0 Å². The van der Waals surface area contributed by atoms with Crippen LogP contribution in [0.1, 0.15) is 32.1 Å². The van der Waals surface area contributed by atoms with Gasteiger partial charge < -0.3 is 5.32 Å². The van der Waals surface area contributed by atoms with Gasteiger partial charge in [-0.05, 0) is 38.1 Å². The highest BCUT2D eigenvalue weighted by Gasteiger charge is 2.31. The molecule has 0 amide bonds. The van der Waals surface area contributed by atoms with Gasteiger partial charge in [0.05, 0.1) is 0 Å². The molecule has 0 unspecified atom stereocenters. The summed E-state index contributed by atoms with van der Waals surface area (Å²) in [5.41, 5.74) is 0. The maximum Gasteiger partial charge on any atom is 0.00953 e. The second-order valence-corrected chi connectivity index (χ2v) is 3.39. The van der Waals surface area contributed by atoms with E-state index in [0.717, 1.165) is 12.0 Å². The van der Waals surface area contributed by atoms with Crippen molar-refractivity contribution in [1.82, 2.24) is 5.32 Å². The fourth-order valence-corrected chi connectivity index (χ4v) is 1.78. The van der Waals surface area contributed by atoms with Crippen molar-refractivity contribution in [1.29, 1.82) is 0 Å². The van der Waals surface area contributed by atoms with Crippen LogP contribution in [0, 0.1) is 5.92 Å². The Morgan fingerprint density at radius 3 is 2.44 bits per heavy atom. The summed E-state index contributed by atoms with van der Waals surface area (Å²) in [5, 5.41) is 3.58. The van der Waals surface area contributed by atoms with Crippen molar-refractivity contribution in [2.75, 3.05) is 6.54 Å². The van der Waals surface area contributed by atoms with Crippen molar-refractivity contribution in [2.45, 2.75) is 38.1 Å². The zero-order chi connectivity index (χ0) is 6.10. The van der Waals surface area contributed by atoms with Crippen LogP contribution in [-0.2, 0) is 0 Å². The smallest absolute Gasteiger partial charge is 0.00953 e. The SMILES string of the molecule is C1CC[C@H](C2CC2)NC1. The lowest BCUT2D eigenvalue weighted by atomic mass is 10.0. The van der Waals surface area contributed by atoms with Crippen LogP contribution in [0.2, 0.25) is 0 Å². The summed E-state index contributed by atoms with van der Waals surface area (Å²) >= 11 is 0. The summed E-state index contributed by atoms with van der Waals surface area (Å²) in [7, 11) is 0. The van der Waals surface area contributed by atoms with Gasteiger partial charge in [-0.3, -0.25) is 0 Å². The Balaban J connectivity index is 1.80. The molecule has 1 saturated heterocycles. The molecule has 1 nitrogen and oxygen atoms in total. The van der Waals surface area contributed by atoms with Crippen LogP contribution in [0.4, 0.5) is 0 Å². The molecule has 52 valence electrons. The molecule has 1 saturated carbocycles. The van der Waals surface area contributed by atoms with Crippen molar-refractivity contribution in [3.8, 4) is 0 Å². The lowest BCUT2D eigenvalue weighted by Gasteiger charge is -2.22. The first-order valence-electron chi connectivity index (χ1n) is 4.20. The van der Waals surface area contributed by atoms with Gasteiger partial charge in [0.2, 0.25) is 0 Å². The number of hydrogen-bond donors (Lipinski definition) is 1. The van der Waals surface area contributed by atoms with E-state index in [1.54, 1.807) is 0 Å². The minimum absolute atomic E-state index is 0.916. The van der Waals surface area contributed by atoms with Crippen molar-refractivity contribution in [3.63, 3.8) is 0 Å². The molecule has 1 N–H and O–H groups in total. The summed E-state index contributed by atoms with van der Waals surface area (Å²) in [6, 6.07) is 0.916. The van der Waals surface area contributed by atoms with Gasteiger partial charge in [-0.2, -0.15) is 0 Å². The number of piperidine rings is 1. The number of nitrogens with one attached hydrogen (secondary N) is 1. The topological polar surface area (TPSA) is 12.0 Å². The molecule has 1 aliphatic heterocycles. The third-order valence-electron chi connectivity index (χ3n) is 2.54. The Labute approximate surface area is 56.8 Å². The predicted octanol–water partition coefficient (Wildman–Crippen LogP) is 1.54. The first-order valence-corrected chi connectivity index (χ1v) is 4.20. The van der Waals surface area contributed by atoms with Crippen molar-refractivity contribution < 1.29 is 0 Å². The van der Waals surface area contributed by atoms with Crippen molar-refractivity contribution >= 4 is 0 Å².